The van der Waals surface area contributed by atoms with E-state index in [0.29, 0.717) is 12.2 Å². The lowest BCUT2D eigenvalue weighted by Gasteiger charge is -2.08. The van der Waals surface area contributed by atoms with Crippen LogP contribution in [0.4, 0.5) is 10.1 Å². The van der Waals surface area contributed by atoms with Crippen LogP contribution in [0.2, 0.25) is 0 Å². The summed E-state index contributed by atoms with van der Waals surface area (Å²) in [4.78, 5) is 0. The molecule has 0 unspecified atom stereocenters. The largest absolute Gasteiger partial charge is 0.384 e. The van der Waals surface area contributed by atoms with Crippen LogP contribution < -0.4 is 10.0 Å². The molecule has 5 nitrogen and oxygen atoms in total. The van der Waals surface area contributed by atoms with E-state index in [2.05, 4.69) is 10.0 Å². The Labute approximate surface area is 106 Å². The first kappa shape index (κ1) is 14.4. The standard InChI is InChI=1S/C11H14FN3O2S/c1-2-15-18(16,17)4-3-14-11-6-9(8-13)5-10(12)7-11/h5-7,14-15H,2-4H2,1H3. The fourth-order valence-electron chi connectivity index (χ4n) is 1.38. The van der Waals surface area contributed by atoms with Crippen molar-refractivity contribution in [2.75, 3.05) is 24.2 Å². The van der Waals surface area contributed by atoms with Crippen LogP contribution in [0.25, 0.3) is 0 Å². The second kappa shape index (κ2) is 6.33. The number of nitrogens with zero attached hydrogens (tertiary/aromatic N) is 1. The molecule has 0 aliphatic carbocycles. The van der Waals surface area contributed by atoms with Crippen molar-refractivity contribution in [2.45, 2.75) is 6.92 Å². The first-order valence-electron chi connectivity index (χ1n) is 5.38. The highest BCUT2D eigenvalue weighted by Gasteiger charge is 2.08. The van der Waals surface area contributed by atoms with Gasteiger partial charge in [0, 0.05) is 18.8 Å². The van der Waals surface area contributed by atoms with E-state index in [1.54, 1.807) is 6.92 Å². The lowest BCUT2D eigenvalue weighted by atomic mass is 10.2. The number of hydrogen-bond acceptors (Lipinski definition) is 4. The molecule has 0 saturated heterocycles. The Bertz CT molecular complexity index is 552. The summed E-state index contributed by atoms with van der Waals surface area (Å²) in [7, 11) is -3.30. The van der Waals surface area contributed by atoms with Gasteiger partial charge in [-0.25, -0.2) is 17.5 Å². The molecule has 0 saturated carbocycles. The number of halogens is 1. The predicted molar refractivity (Wildman–Crippen MR) is 67.1 cm³/mol. The third kappa shape index (κ3) is 4.69. The van der Waals surface area contributed by atoms with E-state index in [-0.39, 0.29) is 17.9 Å². The molecule has 0 heterocycles. The second-order valence-electron chi connectivity index (χ2n) is 3.58. The molecule has 0 aliphatic rings. The molecular weight excluding hydrogens is 257 g/mol. The SMILES string of the molecule is CCNS(=O)(=O)CCNc1cc(F)cc(C#N)c1. The molecule has 0 atom stereocenters. The Kier molecular flexibility index (Phi) is 5.07. The van der Waals surface area contributed by atoms with Crippen molar-refractivity contribution in [3.63, 3.8) is 0 Å². The molecule has 1 aromatic carbocycles. The van der Waals surface area contributed by atoms with Gasteiger partial charge in [0.1, 0.15) is 5.82 Å². The van der Waals surface area contributed by atoms with E-state index in [1.807, 2.05) is 6.07 Å². The zero-order chi connectivity index (χ0) is 13.6. The monoisotopic (exact) mass is 271 g/mol. The van der Waals surface area contributed by atoms with Crippen molar-refractivity contribution in [2.24, 2.45) is 0 Å². The van der Waals surface area contributed by atoms with Gasteiger partial charge in [0.05, 0.1) is 17.4 Å². The van der Waals surface area contributed by atoms with Gasteiger partial charge in [0.25, 0.3) is 0 Å². The maximum absolute atomic E-state index is 13.1. The van der Waals surface area contributed by atoms with Gasteiger partial charge in [0.15, 0.2) is 0 Å². The average molecular weight is 271 g/mol. The van der Waals surface area contributed by atoms with Gasteiger partial charge in [-0.3, -0.25) is 0 Å². The van der Waals surface area contributed by atoms with Gasteiger partial charge in [-0.05, 0) is 18.2 Å². The number of nitriles is 1. The van der Waals surface area contributed by atoms with Crippen molar-refractivity contribution < 1.29 is 12.8 Å². The van der Waals surface area contributed by atoms with Crippen molar-refractivity contribution >= 4 is 15.7 Å². The van der Waals surface area contributed by atoms with Gasteiger partial charge in [-0.1, -0.05) is 6.92 Å². The molecule has 98 valence electrons. The van der Waals surface area contributed by atoms with Gasteiger partial charge in [-0.15, -0.1) is 0 Å². The molecule has 0 aromatic heterocycles. The van der Waals surface area contributed by atoms with E-state index in [0.717, 1.165) is 6.07 Å². The van der Waals surface area contributed by atoms with Crippen molar-refractivity contribution in [1.29, 1.82) is 5.26 Å². The quantitative estimate of drug-likeness (QED) is 0.810. The Hall–Kier alpha value is -1.65. The highest BCUT2D eigenvalue weighted by molar-refractivity contribution is 7.89. The maximum Gasteiger partial charge on any atom is 0.213 e. The van der Waals surface area contributed by atoms with E-state index in [1.165, 1.54) is 12.1 Å². The van der Waals surface area contributed by atoms with Crippen LogP contribution >= 0.6 is 0 Å². The smallest absolute Gasteiger partial charge is 0.213 e. The summed E-state index contributed by atoms with van der Waals surface area (Å²) in [6, 6.07) is 5.61. The van der Waals surface area contributed by atoms with Crippen LogP contribution in [-0.4, -0.2) is 27.3 Å². The Morgan fingerprint density at radius 1 is 1.39 bits per heavy atom. The number of hydrogen-bond donors (Lipinski definition) is 2. The van der Waals surface area contributed by atoms with Crippen LogP contribution in [0, 0.1) is 17.1 Å². The molecule has 0 aliphatic heterocycles. The number of anilines is 1. The Morgan fingerprint density at radius 3 is 2.72 bits per heavy atom. The summed E-state index contributed by atoms with van der Waals surface area (Å²) >= 11 is 0. The van der Waals surface area contributed by atoms with Crippen molar-refractivity contribution in [3.05, 3.63) is 29.6 Å². The van der Waals surface area contributed by atoms with E-state index < -0.39 is 15.8 Å². The molecule has 7 heteroatoms. The second-order valence-corrected chi connectivity index (χ2v) is 5.51. The van der Waals surface area contributed by atoms with Gasteiger partial charge in [0.2, 0.25) is 10.0 Å². The molecule has 0 spiro atoms. The van der Waals surface area contributed by atoms with Crippen LogP contribution in [-0.2, 0) is 10.0 Å². The maximum atomic E-state index is 13.1. The van der Waals surface area contributed by atoms with Crippen molar-refractivity contribution in [1.82, 2.24) is 4.72 Å². The molecule has 0 radical (unpaired) electrons. The molecule has 1 rings (SSSR count). The molecule has 2 N–H and O–H groups in total. The van der Waals surface area contributed by atoms with E-state index in [9.17, 15) is 12.8 Å². The van der Waals surface area contributed by atoms with E-state index in [4.69, 9.17) is 5.26 Å². The summed E-state index contributed by atoms with van der Waals surface area (Å²) in [6.07, 6.45) is 0. The summed E-state index contributed by atoms with van der Waals surface area (Å²) in [5.74, 6) is -0.648. The van der Waals surface area contributed by atoms with Crippen molar-refractivity contribution in [3.8, 4) is 6.07 Å². The third-order valence-electron chi connectivity index (χ3n) is 2.09. The summed E-state index contributed by atoms with van der Waals surface area (Å²) in [5, 5.41) is 11.4. The summed E-state index contributed by atoms with van der Waals surface area (Å²) in [5.41, 5.74) is 0.574. The first-order valence-corrected chi connectivity index (χ1v) is 7.04. The average Bonchev–Trinajstić information content (AvgIpc) is 2.27. The number of benzene rings is 1. The summed E-state index contributed by atoms with van der Waals surface area (Å²) < 4.78 is 38.1. The normalized spacial score (nSPS) is 10.9. The van der Waals surface area contributed by atoms with Crippen LogP contribution in [0.3, 0.4) is 0 Å². The number of nitrogens with one attached hydrogen (secondary N) is 2. The van der Waals surface area contributed by atoms with Crippen LogP contribution in [0.1, 0.15) is 12.5 Å². The highest BCUT2D eigenvalue weighted by atomic mass is 32.2. The van der Waals surface area contributed by atoms with Gasteiger partial charge in [-0.2, -0.15) is 5.26 Å². The minimum Gasteiger partial charge on any atom is -0.384 e. The lowest BCUT2D eigenvalue weighted by molar-refractivity contribution is 0.584. The predicted octanol–water partition coefficient (Wildman–Crippen LogP) is 1.05. The number of sulfonamides is 1. The van der Waals surface area contributed by atoms with Crippen LogP contribution in [0.15, 0.2) is 18.2 Å². The zero-order valence-electron chi connectivity index (χ0n) is 9.90. The number of rotatable bonds is 6. The molecule has 0 bridgehead atoms. The summed E-state index contributed by atoms with van der Waals surface area (Å²) in [6.45, 7) is 2.17. The molecule has 0 amide bonds. The molecule has 0 fully saturated rings. The fourth-order valence-corrected chi connectivity index (χ4v) is 2.33. The lowest BCUT2D eigenvalue weighted by Crippen LogP contribution is -2.29. The van der Waals surface area contributed by atoms with Gasteiger partial charge < -0.3 is 5.32 Å². The minimum atomic E-state index is -3.30. The Balaban J connectivity index is 2.60. The minimum absolute atomic E-state index is 0.112. The molecular formula is C11H14FN3O2S. The zero-order valence-corrected chi connectivity index (χ0v) is 10.7. The first-order chi connectivity index (χ1) is 8.46. The van der Waals surface area contributed by atoms with E-state index >= 15 is 0 Å². The Morgan fingerprint density at radius 2 is 2.11 bits per heavy atom. The highest BCUT2D eigenvalue weighted by Crippen LogP contribution is 2.13. The molecule has 1 aromatic rings. The fraction of sp³-hybridized carbons (Fsp3) is 0.364. The topological polar surface area (TPSA) is 82.0 Å². The van der Waals surface area contributed by atoms with Gasteiger partial charge >= 0.3 is 0 Å². The molecule has 18 heavy (non-hydrogen) atoms. The third-order valence-corrected chi connectivity index (χ3v) is 3.56. The van der Waals surface area contributed by atoms with Crippen LogP contribution in [0.5, 0.6) is 0 Å².